The quantitative estimate of drug-likeness (QED) is 0.546. The average molecular weight is 139 g/mol. The normalized spacial score (nSPS) is 32.2. The van der Waals surface area contributed by atoms with E-state index in [-0.39, 0.29) is 11.3 Å². The zero-order valence-corrected chi connectivity index (χ0v) is 6.48. The molecule has 0 aromatic heterocycles. The Bertz CT molecular complexity index is 174. The van der Waals surface area contributed by atoms with Crippen molar-refractivity contribution in [2.45, 2.75) is 25.8 Å². The lowest BCUT2D eigenvalue weighted by atomic mass is 9.91. The second-order valence-electron chi connectivity index (χ2n) is 2.94. The summed E-state index contributed by atoms with van der Waals surface area (Å²) in [5.74, 6) is 0.219. The van der Waals surface area contributed by atoms with Crippen LogP contribution in [0.4, 0.5) is 0 Å². The molecule has 0 saturated heterocycles. The standard InChI is InChI=1S/C8H13NO/c1-7(10)8(2)5-3-4-6-9-8/h3-4,9H,5-6H2,1-2H3. The number of hydrogen-bond acceptors (Lipinski definition) is 2. The Hall–Kier alpha value is -0.630. The molecule has 0 aromatic rings. The second-order valence-corrected chi connectivity index (χ2v) is 2.94. The second kappa shape index (κ2) is 2.54. The Morgan fingerprint density at radius 1 is 1.60 bits per heavy atom. The van der Waals surface area contributed by atoms with Gasteiger partial charge >= 0.3 is 0 Å². The van der Waals surface area contributed by atoms with E-state index in [9.17, 15) is 4.79 Å². The van der Waals surface area contributed by atoms with Crippen LogP contribution in [0, 0.1) is 0 Å². The van der Waals surface area contributed by atoms with Gasteiger partial charge in [0.15, 0.2) is 0 Å². The number of carbonyl (C=O) groups is 1. The topological polar surface area (TPSA) is 29.1 Å². The largest absolute Gasteiger partial charge is 0.301 e. The smallest absolute Gasteiger partial charge is 0.149 e. The van der Waals surface area contributed by atoms with Crippen LogP contribution in [0.25, 0.3) is 0 Å². The highest BCUT2D eigenvalue weighted by Gasteiger charge is 2.28. The van der Waals surface area contributed by atoms with Gasteiger partial charge in [0.2, 0.25) is 0 Å². The van der Waals surface area contributed by atoms with Crippen LogP contribution in [0.1, 0.15) is 20.3 Å². The van der Waals surface area contributed by atoms with Gasteiger partial charge in [-0.15, -0.1) is 0 Å². The Morgan fingerprint density at radius 2 is 2.30 bits per heavy atom. The van der Waals surface area contributed by atoms with Gasteiger partial charge in [0.1, 0.15) is 5.78 Å². The summed E-state index contributed by atoms with van der Waals surface area (Å²) in [6.07, 6.45) is 4.92. The van der Waals surface area contributed by atoms with Crippen molar-refractivity contribution in [3.8, 4) is 0 Å². The van der Waals surface area contributed by atoms with E-state index in [1.54, 1.807) is 6.92 Å². The van der Waals surface area contributed by atoms with Gasteiger partial charge in [0, 0.05) is 6.54 Å². The first-order valence-corrected chi connectivity index (χ1v) is 3.56. The van der Waals surface area contributed by atoms with E-state index in [4.69, 9.17) is 0 Å². The highest BCUT2D eigenvalue weighted by atomic mass is 16.1. The van der Waals surface area contributed by atoms with Gasteiger partial charge in [0.05, 0.1) is 5.54 Å². The number of Topliss-reactive ketones (excluding diaryl/α,β-unsaturated/α-hetero) is 1. The number of hydrogen-bond donors (Lipinski definition) is 1. The van der Waals surface area contributed by atoms with Crippen LogP contribution in [-0.2, 0) is 4.79 Å². The fourth-order valence-corrected chi connectivity index (χ4v) is 1.03. The van der Waals surface area contributed by atoms with Crippen LogP contribution < -0.4 is 5.32 Å². The van der Waals surface area contributed by atoms with Crippen LogP contribution in [-0.4, -0.2) is 17.9 Å². The molecule has 0 spiro atoms. The highest BCUT2D eigenvalue weighted by Crippen LogP contribution is 2.14. The van der Waals surface area contributed by atoms with Crippen LogP contribution in [0.2, 0.25) is 0 Å². The summed E-state index contributed by atoms with van der Waals surface area (Å²) >= 11 is 0. The lowest BCUT2D eigenvalue weighted by Crippen LogP contribution is -2.49. The lowest BCUT2D eigenvalue weighted by molar-refractivity contribution is -0.122. The summed E-state index contributed by atoms with van der Waals surface area (Å²) in [5.41, 5.74) is -0.297. The molecule has 0 aromatic carbocycles. The van der Waals surface area contributed by atoms with Crippen molar-refractivity contribution < 1.29 is 4.79 Å². The van der Waals surface area contributed by atoms with Gasteiger partial charge in [-0.2, -0.15) is 0 Å². The first-order valence-electron chi connectivity index (χ1n) is 3.56. The molecular formula is C8H13NO. The summed E-state index contributed by atoms with van der Waals surface area (Å²) in [6, 6.07) is 0. The van der Waals surface area contributed by atoms with Crippen molar-refractivity contribution in [2.24, 2.45) is 0 Å². The maximum Gasteiger partial charge on any atom is 0.149 e. The maximum atomic E-state index is 11.0. The molecule has 0 bridgehead atoms. The molecule has 0 radical (unpaired) electrons. The molecule has 1 aliphatic rings. The minimum Gasteiger partial charge on any atom is -0.301 e. The van der Waals surface area contributed by atoms with Crippen molar-refractivity contribution in [1.29, 1.82) is 0 Å². The van der Waals surface area contributed by atoms with E-state index >= 15 is 0 Å². The maximum absolute atomic E-state index is 11.0. The molecule has 2 nitrogen and oxygen atoms in total. The van der Waals surface area contributed by atoms with Crippen molar-refractivity contribution in [3.63, 3.8) is 0 Å². The predicted molar refractivity (Wildman–Crippen MR) is 40.8 cm³/mol. The highest BCUT2D eigenvalue weighted by molar-refractivity contribution is 5.86. The third-order valence-corrected chi connectivity index (χ3v) is 2.08. The Labute approximate surface area is 61.3 Å². The van der Waals surface area contributed by atoms with Crippen molar-refractivity contribution >= 4 is 5.78 Å². The van der Waals surface area contributed by atoms with Crippen LogP contribution in [0.5, 0.6) is 0 Å². The molecule has 2 heteroatoms. The third kappa shape index (κ3) is 1.27. The van der Waals surface area contributed by atoms with Gasteiger partial charge in [-0.05, 0) is 20.3 Å². The van der Waals surface area contributed by atoms with Crippen molar-refractivity contribution in [1.82, 2.24) is 5.32 Å². The van der Waals surface area contributed by atoms with Crippen LogP contribution in [0.15, 0.2) is 12.2 Å². The molecule has 0 saturated carbocycles. The zero-order valence-electron chi connectivity index (χ0n) is 6.48. The third-order valence-electron chi connectivity index (χ3n) is 2.08. The number of carbonyl (C=O) groups excluding carboxylic acids is 1. The summed E-state index contributed by atoms with van der Waals surface area (Å²) in [7, 11) is 0. The van der Waals surface area contributed by atoms with Crippen LogP contribution >= 0.6 is 0 Å². The summed E-state index contributed by atoms with van der Waals surface area (Å²) in [6.45, 7) is 4.39. The van der Waals surface area contributed by atoms with E-state index in [0.29, 0.717) is 0 Å². The molecule has 1 heterocycles. The molecule has 56 valence electrons. The number of ketones is 1. The Balaban J connectivity index is 2.68. The van der Waals surface area contributed by atoms with E-state index < -0.39 is 0 Å². The molecule has 1 atom stereocenters. The van der Waals surface area contributed by atoms with Gasteiger partial charge in [-0.25, -0.2) is 0 Å². The first-order chi connectivity index (χ1) is 4.65. The molecule has 1 aliphatic heterocycles. The summed E-state index contributed by atoms with van der Waals surface area (Å²) in [4.78, 5) is 11.0. The predicted octanol–water partition coefficient (Wildman–Crippen LogP) is 0.884. The first kappa shape index (κ1) is 7.48. The van der Waals surface area contributed by atoms with Gasteiger partial charge in [-0.3, -0.25) is 4.79 Å². The monoisotopic (exact) mass is 139 g/mol. The minimum atomic E-state index is -0.297. The number of nitrogens with one attached hydrogen (secondary N) is 1. The minimum absolute atomic E-state index is 0.219. The molecule has 1 rings (SSSR count). The Morgan fingerprint density at radius 3 is 2.60 bits per heavy atom. The fourth-order valence-electron chi connectivity index (χ4n) is 1.03. The molecular weight excluding hydrogens is 126 g/mol. The van der Waals surface area contributed by atoms with Crippen molar-refractivity contribution in [3.05, 3.63) is 12.2 Å². The average Bonchev–Trinajstić information content (AvgIpc) is 1.89. The molecule has 1 N–H and O–H groups in total. The van der Waals surface area contributed by atoms with Gasteiger partial charge in [0.25, 0.3) is 0 Å². The molecule has 0 aliphatic carbocycles. The fraction of sp³-hybridized carbons (Fsp3) is 0.625. The van der Waals surface area contributed by atoms with E-state index in [0.717, 1.165) is 13.0 Å². The van der Waals surface area contributed by atoms with Crippen molar-refractivity contribution in [2.75, 3.05) is 6.54 Å². The molecule has 0 fully saturated rings. The van der Waals surface area contributed by atoms with E-state index in [1.807, 2.05) is 13.0 Å². The summed E-state index contributed by atoms with van der Waals surface area (Å²) < 4.78 is 0. The SMILES string of the molecule is CC(=O)C1(C)CC=CCN1. The van der Waals surface area contributed by atoms with E-state index in [1.165, 1.54) is 0 Å². The molecule has 10 heavy (non-hydrogen) atoms. The zero-order chi connectivity index (χ0) is 7.61. The Kier molecular flexibility index (Phi) is 1.90. The molecule has 0 amide bonds. The lowest BCUT2D eigenvalue weighted by Gasteiger charge is -2.28. The van der Waals surface area contributed by atoms with Crippen LogP contribution in [0.3, 0.4) is 0 Å². The number of rotatable bonds is 1. The van der Waals surface area contributed by atoms with E-state index in [2.05, 4.69) is 11.4 Å². The van der Waals surface area contributed by atoms with Gasteiger partial charge < -0.3 is 5.32 Å². The van der Waals surface area contributed by atoms with Gasteiger partial charge in [-0.1, -0.05) is 12.2 Å². The molecule has 1 unspecified atom stereocenters. The summed E-state index contributed by atoms with van der Waals surface area (Å²) in [5, 5.41) is 3.16.